The number of imide groups is 1. The molecule has 0 aliphatic carbocycles. The number of carbonyl (C=O) groups excluding carboxylic acids is 4. The van der Waals surface area contributed by atoms with Gasteiger partial charge in [-0.1, -0.05) is 24.3 Å². The van der Waals surface area contributed by atoms with E-state index < -0.39 is 46.2 Å². The lowest BCUT2D eigenvalue weighted by Crippen LogP contribution is -2.40. The molecule has 10 heteroatoms. The number of nitrogens with zero attached hydrogens (tertiary/aromatic N) is 2. The average Bonchev–Trinajstić information content (AvgIpc) is 3.25. The van der Waals surface area contributed by atoms with E-state index in [0.717, 1.165) is 10.3 Å². The molecule has 9 nitrogen and oxygen atoms in total. The molecule has 3 amide bonds. The average molecular weight is 507 g/mol. The van der Waals surface area contributed by atoms with E-state index in [1.807, 2.05) is 12.1 Å². The van der Waals surface area contributed by atoms with Crippen LogP contribution in [0.3, 0.4) is 0 Å². The molecule has 3 aromatic carbocycles. The van der Waals surface area contributed by atoms with Crippen LogP contribution < -0.4 is 4.90 Å². The highest BCUT2D eigenvalue weighted by molar-refractivity contribution is 7.91. The Balaban J connectivity index is 1.28. The lowest BCUT2D eigenvalue weighted by atomic mass is 9.94. The minimum Gasteiger partial charge on any atom is -0.452 e. The van der Waals surface area contributed by atoms with Gasteiger partial charge in [-0.15, -0.1) is 0 Å². The van der Waals surface area contributed by atoms with Gasteiger partial charge in [0, 0.05) is 29.6 Å². The molecular formula is C26H22N2O7S. The fourth-order valence-electron chi connectivity index (χ4n) is 4.61. The van der Waals surface area contributed by atoms with Gasteiger partial charge in [0.15, 0.2) is 16.4 Å². The first kappa shape index (κ1) is 23.7. The summed E-state index contributed by atoms with van der Waals surface area (Å²) in [6, 6.07) is 15.9. The number of ether oxygens (including phenoxy) is 1. The summed E-state index contributed by atoms with van der Waals surface area (Å²) in [4.78, 5) is 53.5. The smallest absolute Gasteiger partial charge is 0.338 e. The molecule has 5 rings (SSSR count). The molecule has 1 saturated heterocycles. The summed E-state index contributed by atoms with van der Waals surface area (Å²) >= 11 is 0. The Labute approximate surface area is 207 Å². The van der Waals surface area contributed by atoms with E-state index in [9.17, 15) is 27.6 Å². The molecule has 1 atom stereocenters. The van der Waals surface area contributed by atoms with Gasteiger partial charge in [0.2, 0.25) is 0 Å². The summed E-state index contributed by atoms with van der Waals surface area (Å²) < 4.78 is 28.4. The van der Waals surface area contributed by atoms with Crippen LogP contribution in [0.5, 0.6) is 0 Å². The lowest BCUT2D eigenvalue weighted by Gasteiger charge is -2.27. The molecule has 3 aromatic rings. The molecule has 36 heavy (non-hydrogen) atoms. The standard InChI is InChI=1S/C26H22N2O7S/c1-27(19-12-13-36(33,34)15-19)22(29)14-35-26(32)17-8-10-18(11-9-17)28-24(30)20-6-2-4-16-5-3-7-21(23(16)20)25(28)31/h2-11,19H,12-15H2,1H3. The number of hydrogen-bond acceptors (Lipinski definition) is 7. The van der Waals surface area contributed by atoms with Crippen LogP contribution in [-0.4, -0.2) is 68.2 Å². The molecular weight excluding hydrogens is 484 g/mol. The second-order valence-corrected chi connectivity index (χ2v) is 11.1. The molecule has 2 heterocycles. The van der Waals surface area contributed by atoms with E-state index in [1.165, 1.54) is 36.2 Å². The lowest BCUT2D eigenvalue weighted by molar-refractivity contribution is -0.134. The zero-order valence-corrected chi connectivity index (χ0v) is 20.2. The van der Waals surface area contributed by atoms with Crippen LogP contribution in [0.4, 0.5) is 5.69 Å². The number of amides is 3. The largest absolute Gasteiger partial charge is 0.452 e. The van der Waals surface area contributed by atoms with Gasteiger partial charge < -0.3 is 9.64 Å². The number of anilines is 1. The molecule has 0 bridgehead atoms. The van der Waals surface area contributed by atoms with Crippen molar-refractivity contribution in [3.63, 3.8) is 0 Å². The predicted molar refractivity (Wildman–Crippen MR) is 132 cm³/mol. The van der Waals surface area contributed by atoms with Crippen LogP contribution in [0.2, 0.25) is 0 Å². The second kappa shape index (κ2) is 8.87. The maximum absolute atomic E-state index is 13.2. The fourth-order valence-corrected chi connectivity index (χ4v) is 6.38. The Bertz CT molecular complexity index is 1480. The monoisotopic (exact) mass is 506 g/mol. The Morgan fingerprint density at radius 2 is 1.58 bits per heavy atom. The van der Waals surface area contributed by atoms with Crippen molar-refractivity contribution in [2.45, 2.75) is 12.5 Å². The van der Waals surface area contributed by atoms with Crippen molar-refractivity contribution < 1.29 is 32.3 Å². The van der Waals surface area contributed by atoms with Crippen LogP contribution in [0, 0.1) is 0 Å². The van der Waals surface area contributed by atoms with Gasteiger partial charge in [0.25, 0.3) is 17.7 Å². The van der Waals surface area contributed by atoms with E-state index >= 15 is 0 Å². The van der Waals surface area contributed by atoms with Gasteiger partial charge in [-0.3, -0.25) is 14.4 Å². The molecule has 2 aliphatic rings. The summed E-state index contributed by atoms with van der Waals surface area (Å²) in [6.07, 6.45) is 0.354. The second-order valence-electron chi connectivity index (χ2n) is 8.84. The van der Waals surface area contributed by atoms with Crippen molar-refractivity contribution in [1.29, 1.82) is 0 Å². The number of carbonyl (C=O) groups is 4. The number of benzene rings is 3. The van der Waals surface area contributed by atoms with Crippen LogP contribution in [0.15, 0.2) is 60.7 Å². The Morgan fingerprint density at radius 3 is 2.14 bits per heavy atom. The normalized spacial score (nSPS) is 18.4. The van der Waals surface area contributed by atoms with Gasteiger partial charge in [0.1, 0.15) is 0 Å². The van der Waals surface area contributed by atoms with Crippen LogP contribution in [0.1, 0.15) is 37.5 Å². The maximum atomic E-state index is 13.2. The van der Waals surface area contributed by atoms with Gasteiger partial charge in [0.05, 0.1) is 22.8 Å². The molecule has 0 spiro atoms. The first-order valence-electron chi connectivity index (χ1n) is 11.3. The Hall–Kier alpha value is -4.05. The predicted octanol–water partition coefficient (Wildman–Crippen LogP) is 2.44. The van der Waals surface area contributed by atoms with Crippen molar-refractivity contribution in [2.75, 3.05) is 30.1 Å². The first-order valence-corrected chi connectivity index (χ1v) is 13.1. The van der Waals surface area contributed by atoms with Crippen molar-refractivity contribution in [1.82, 2.24) is 4.90 Å². The molecule has 1 unspecified atom stereocenters. The van der Waals surface area contributed by atoms with Crippen molar-refractivity contribution in [3.8, 4) is 0 Å². The molecule has 1 fully saturated rings. The number of hydrogen-bond donors (Lipinski definition) is 0. The van der Waals surface area contributed by atoms with Crippen molar-refractivity contribution in [2.24, 2.45) is 0 Å². The summed E-state index contributed by atoms with van der Waals surface area (Å²) in [6.45, 7) is -0.530. The molecule has 0 N–H and O–H groups in total. The third-order valence-corrected chi connectivity index (χ3v) is 8.36. The number of likely N-dealkylation sites (N-methyl/N-ethyl adjacent to an activating group) is 1. The van der Waals surface area contributed by atoms with E-state index in [0.29, 0.717) is 28.6 Å². The van der Waals surface area contributed by atoms with Crippen LogP contribution in [-0.2, 0) is 19.4 Å². The zero-order chi connectivity index (χ0) is 25.6. The number of sulfone groups is 1. The van der Waals surface area contributed by atoms with Gasteiger partial charge in [-0.25, -0.2) is 18.1 Å². The van der Waals surface area contributed by atoms with E-state index in [1.54, 1.807) is 24.3 Å². The third kappa shape index (κ3) is 4.13. The molecule has 0 aromatic heterocycles. The van der Waals surface area contributed by atoms with Gasteiger partial charge in [-0.2, -0.15) is 0 Å². The van der Waals surface area contributed by atoms with E-state index in [-0.39, 0.29) is 17.1 Å². The highest BCUT2D eigenvalue weighted by atomic mass is 32.2. The summed E-state index contributed by atoms with van der Waals surface area (Å²) in [5.74, 6) is -2.24. The number of rotatable bonds is 5. The SMILES string of the molecule is CN(C(=O)COC(=O)c1ccc(N2C(=O)c3cccc4cccc(c34)C2=O)cc1)C1CCS(=O)(=O)C1. The third-order valence-electron chi connectivity index (χ3n) is 6.61. The minimum absolute atomic E-state index is 0.0319. The van der Waals surface area contributed by atoms with Gasteiger partial charge in [-0.05, 0) is 48.2 Å². The Kier molecular flexibility index (Phi) is 5.83. The minimum atomic E-state index is -3.15. The fraction of sp³-hybridized carbons (Fsp3) is 0.231. The summed E-state index contributed by atoms with van der Waals surface area (Å²) in [5, 5.41) is 1.43. The first-order chi connectivity index (χ1) is 17.2. The molecule has 0 radical (unpaired) electrons. The highest BCUT2D eigenvalue weighted by Crippen LogP contribution is 2.32. The number of esters is 1. The topological polar surface area (TPSA) is 118 Å². The van der Waals surface area contributed by atoms with E-state index in [4.69, 9.17) is 4.74 Å². The maximum Gasteiger partial charge on any atom is 0.338 e. The molecule has 184 valence electrons. The Morgan fingerprint density at radius 1 is 0.972 bits per heavy atom. The van der Waals surface area contributed by atoms with Crippen LogP contribution >= 0.6 is 0 Å². The highest BCUT2D eigenvalue weighted by Gasteiger charge is 2.34. The molecule has 2 aliphatic heterocycles. The van der Waals surface area contributed by atoms with Crippen molar-refractivity contribution >= 4 is 50.0 Å². The molecule has 0 saturated carbocycles. The summed E-state index contributed by atoms with van der Waals surface area (Å²) in [5.41, 5.74) is 1.27. The van der Waals surface area contributed by atoms with Gasteiger partial charge >= 0.3 is 5.97 Å². The summed E-state index contributed by atoms with van der Waals surface area (Å²) in [7, 11) is -1.66. The zero-order valence-electron chi connectivity index (χ0n) is 19.3. The quantitative estimate of drug-likeness (QED) is 0.385. The van der Waals surface area contributed by atoms with Crippen molar-refractivity contribution in [3.05, 3.63) is 77.4 Å². The van der Waals surface area contributed by atoms with E-state index in [2.05, 4.69) is 0 Å². The van der Waals surface area contributed by atoms with Crippen LogP contribution in [0.25, 0.3) is 10.8 Å².